The summed E-state index contributed by atoms with van der Waals surface area (Å²) >= 11 is 0. The van der Waals surface area contributed by atoms with Crippen molar-refractivity contribution in [3.8, 4) is 0 Å². The quantitative estimate of drug-likeness (QED) is 0.0448. The summed E-state index contributed by atoms with van der Waals surface area (Å²) in [6.45, 7) is 4.77. The van der Waals surface area contributed by atoms with Gasteiger partial charge in [0.05, 0.1) is 18.1 Å². The largest absolute Gasteiger partial charge is 0.343 e. The first kappa shape index (κ1) is 63.5. The van der Waals surface area contributed by atoms with Gasteiger partial charge in [0.2, 0.25) is 41.4 Å². The second-order valence-corrected chi connectivity index (χ2v) is 21.8. The van der Waals surface area contributed by atoms with Crippen molar-refractivity contribution < 1.29 is 38.4 Å². The van der Waals surface area contributed by atoms with Gasteiger partial charge < -0.3 is 46.6 Å². The Hall–Kier alpha value is -6.66. The summed E-state index contributed by atoms with van der Waals surface area (Å²) in [6, 6.07) is 26.9. The Morgan fingerprint density at radius 3 is 1.57 bits per heavy atom. The molecule has 2 unspecified atom stereocenters. The molecule has 1 aliphatic carbocycles. The molecule has 81 heavy (non-hydrogen) atoms. The normalized spacial score (nSPS) is 18.8. The zero-order valence-corrected chi connectivity index (χ0v) is 48.8. The molecule has 4 aliphatic rings. The van der Waals surface area contributed by atoms with Crippen molar-refractivity contribution in [2.24, 2.45) is 0 Å². The average molecular weight is 1150 g/mol. The monoisotopic (exact) mass is 1150 g/mol. The molecule has 6 N–H and O–H groups in total. The third-order valence-electron chi connectivity index (χ3n) is 16.4. The van der Waals surface area contributed by atoms with Crippen LogP contribution in [0.2, 0.25) is 0 Å². The number of ketones is 1. The van der Waals surface area contributed by atoms with Gasteiger partial charge in [-0.2, -0.15) is 0 Å². The van der Waals surface area contributed by atoms with Crippen molar-refractivity contribution in [2.75, 3.05) is 49.3 Å². The molecule has 4 aromatic carbocycles. The highest BCUT2D eigenvalue weighted by molar-refractivity contribution is 6.02. The van der Waals surface area contributed by atoms with Crippen molar-refractivity contribution >= 4 is 89.0 Å². The number of rotatable bonds is 23. The number of aryl methyl sites for hydroxylation is 4. The van der Waals surface area contributed by atoms with Gasteiger partial charge in [-0.05, 0) is 175 Å². The van der Waals surface area contributed by atoms with Crippen molar-refractivity contribution in [1.29, 1.82) is 0 Å². The van der Waals surface area contributed by atoms with E-state index in [1.54, 1.807) is 42.6 Å². The summed E-state index contributed by atoms with van der Waals surface area (Å²) in [5.74, 6) is -2.02. The minimum absolute atomic E-state index is 0. The number of carbonyl (C=O) groups excluding carboxylic acids is 8. The number of halogens is 2. The van der Waals surface area contributed by atoms with E-state index in [0.717, 1.165) is 54.5 Å². The molecule has 436 valence electrons. The van der Waals surface area contributed by atoms with Gasteiger partial charge in [-0.15, -0.1) is 24.8 Å². The van der Waals surface area contributed by atoms with Crippen LogP contribution in [0.4, 0.5) is 17.1 Å². The highest BCUT2D eigenvalue weighted by atomic mass is 35.5. The number of Topliss-reactive ketones (excluding diaryl/α,β-unsaturated/α-hetero) is 1. The Morgan fingerprint density at radius 2 is 1.02 bits per heavy atom. The fourth-order valence-corrected chi connectivity index (χ4v) is 11.6. The zero-order valence-electron chi connectivity index (χ0n) is 47.1. The number of likely N-dealkylation sites (tertiary alicyclic amines) is 2. The molecule has 3 aliphatic heterocycles. The Labute approximate surface area is 489 Å². The van der Waals surface area contributed by atoms with Crippen molar-refractivity contribution in [1.82, 2.24) is 31.1 Å². The van der Waals surface area contributed by atoms with Crippen LogP contribution in [0.15, 0.2) is 97.1 Å². The molecule has 17 nitrogen and oxygen atoms in total. The number of anilines is 3. The molecule has 0 aromatic heterocycles. The number of carbonyl (C=O) groups is 8. The maximum atomic E-state index is 14.2. The standard InChI is InChI=1S/C62H79N9O8.2ClH/c1-40(63-3)58(75)67-50(60(77)70-37-11-20-53(70)55(72)39-46-16-9-15-44-13-5-7-18-49(44)46)32-34-56(73)65-47-28-24-42(25-29-47)22-23-43-26-30-48(31-27-43)66-57(74)35-33-51(68-59(76)41(2)64-4)61(78)71-38-12-21-54(71)62(79)69-36-10-17-45-14-6-8-19-52(45)69;;/h5-8,13-14,18-19,24-31,40-41,46,50-51,53-54,63-64H,9-12,15-17,20-23,32-39H2,1-4H3,(H,65,73)(H,66,74)(H,67,75)(H,68,76);2*1H/t40-,41-,46-,50?,51?,53-,54-;;/m0../s1. The lowest BCUT2D eigenvalue weighted by Crippen LogP contribution is -2.56. The highest BCUT2D eigenvalue weighted by Crippen LogP contribution is 2.36. The lowest BCUT2D eigenvalue weighted by atomic mass is 9.79. The lowest BCUT2D eigenvalue weighted by molar-refractivity contribution is -0.141. The molecule has 4 aromatic rings. The Balaban J connectivity index is 0.00000528. The molecule has 0 radical (unpaired) electrons. The Bertz CT molecular complexity index is 2840. The molecule has 0 bridgehead atoms. The Kier molecular flexibility index (Phi) is 23.8. The van der Waals surface area contributed by atoms with E-state index in [0.29, 0.717) is 76.0 Å². The van der Waals surface area contributed by atoms with Crippen LogP contribution < -0.4 is 36.8 Å². The number of para-hydroxylation sites is 1. The molecule has 2 saturated heterocycles. The van der Waals surface area contributed by atoms with Crippen molar-refractivity contribution in [3.05, 3.63) is 125 Å². The first-order chi connectivity index (χ1) is 38.2. The number of fused-ring (bicyclic) bond motifs is 2. The molecule has 2 fully saturated rings. The van der Waals surface area contributed by atoms with Gasteiger partial charge in [-0.1, -0.05) is 66.7 Å². The fraction of sp³-hybridized carbons (Fsp3) is 0.484. The van der Waals surface area contributed by atoms with Gasteiger partial charge >= 0.3 is 0 Å². The van der Waals surface area contributed by atoms with E-state index in [1.165, 1.54) is 11.1 Å². The van der Waals surface area contributed by atoms with Crippen molar-refractivity contribution in [2.45, 2.75) is 159 Å². The summed E-state index contributed by atoms with van der Waals surface area (Å²) in [5.41, 5.74) is 7.78. The van der Waals surface area contributed by atoms with Gasteiger partial charge in [0.15, 0.2) is 5.78 Å². The topological polar surface area (TPSA) is 218 Å². The maximum Gasteiger partial charge on any atom is 0.249 e. The number of likely N-dealkylation sites (N-methyl/N-ethyl adjacent to an activating group) is 2. The minimum Gasteiger partial charge on any atom is -0.343 e. The third-order valence-corrected chi connectivity index (χ3v) is 16.4. The number of hydrogen-bond donors (Lipinski definition) is 6. The van der Waals surface area contributed by atoms with Gasteiger partial charge in [0.1, 0.15) is 18.1 Å². The smallest absolute Gasteiger partial charge is 0.249 e. The molecular formula is C62H81Cl2N9O8. The third kappa shape index (κ3) is 16.5. The first-order valence-electron chi connectivity index (χ1n) is 28.5. The molecule has 3 heterocycles. The molecule has 7 amide bonds. The van der Waals surface area contributed by atoms with Crippen LogP contribution >= 0.6 is 24.8 Å². The van der Waals surface area contributed by atoms with Crippen LogP contribution in [0.3, 0.4) is 0 Å². The van der Waals surface area contributed by atoms with E-state index in [9.17, 15) is 38.4 Å². The molecule has 19 heteroatoms. The zero-order chi connectivity index (χ0) is 56.0. The summed E-state index contributed by atoms with van der Waals surface area (Å²) in [4.78, 5) is 114. The average Bonchev–Trinajstić information content (AvgIpc) is 4.21. The minimum atomic E-state index is -1.00. The van der Waals surface area contributed by atoms with Crippen LogP contribution in [0.1, 0.15) is 125 Å². The van der Waals surface area contributed by atoms with Gasteiger partial charge in [0.25, 0.3) is 0 Å². The number of nitrogens with zero attached hydrogens (tertiary/aromatic N) is 3. The molecule has 8 rings (SSSR count). The fourth-order valence-electron chi connectivity index (χ4n) is 11.6. The predicted octanol–water partition coefficient (Wildman–Crippen LogP) is 6.98. The van der Waals surface area contributed by atoms with Crippen LogP contribution in [-0.2, 0) is 64.0 Å². The summed E-state index contributed by atoms with van der Waals surface area (Å²) in [5, 5.41) is 17.4. The van der Waals surface area contributed by atoms with E-state index in [1.807, 2.05) is 84.9 Å². The van der Waals surface area contributed by atoms with Crippen LogP contribution in [0, 0.1) is 0 Å². The van der Waals surface area contributed by atoms with Gasteiger partial charge in [-0.25, -0.2) is 0 Å². The number of amides is 7. The number of benzene rings is 4. The van der Waals surface area contributed by atoms with E-state index >= 15 is 0 Å². The van der Waals surface area contributed by atoms with Crippen molar-refractivity contribution in [3.63, 3.8) is 0 Å². The number of nitrogens with one attached hydrogen (secondary N) is 6. The summed E-state index contributed by atoms with van der Waals surface area (Å²) in [7, 11) is 3.32. The first-order valence-corrected chi connectivity index (χ1v) is 28.5. The molecule has 0 saturated carbocycles. The van der Waals surface area contributed by atoms with E-state index in [4.69, 9.17) is 0 Å². The lowest BCUT2D eigenvalue weighted by Gasteiger charge is -2.35. The van der Waals surface area contributed by atoms with Crippen LogP contribution in [0.5, 0.6) is 0 Å². The van der Waals surface area contributed by atoms with Crippen LogP contribution in [0.25, 0.3) is 0 Å². The van der Waals surface area contributed by atoms with Gasteiger partial charge in [0, 0.05) is 56.0 Å². The highest BCUT2D eigenvalue weighted by Gasteiger charge is 2.42. The predicted molar refractivity (Wildman–Crippen MR) is 320 cm³/mol. The second-order valence-electron chi connectivity index (χ2n) is 21.8. The second kappa shape index (κ2) is 30.4. The summed E-state index contributed by atoms with van der Waals surface area (Å²) in [6.07, 6.45) is 8.99. The van der Waals surface area contributed by atoms with E-state index in [-0.39, 0.29) is 104 Å². The Morgan fingerprint density at radius 1 is 0.543 bits per heavy atom. The SMILES string of the molecule is CN[C@@H](C)C(=O)NC(CCC(=O)Nc1ccc(CCc2ccc(NC(=O)CCC(NC(=O)[C@H](C)NC)C(=O)N3CCC[C@H]3C(=O)N3CCCc4ccccc43)cc2)cc1)C(=O)N1CCC[C@H]1C(=O)C[C@@H]1CCCc2ccccc21.Cl.Cl. The molecular weight excluding hydrogens is 1070 g/mol. The number of hydrogen-bond acceptors (Lipinski definition) is 10. The maximum absolute atomic E-state index is 14.2. The van der Waals surface area contributed by atoms with Crippen LogP contribution in [-0.4, -0.2) is 127 Å². The summed E-state index contributed by atoms with van der Waals surface area (Å²) < 4.78 is 0. The van der Waals surface area contributed by atoms with Gasteiger partial charge in [-0.3, -0.25) is 38.4 Å². The molecule has 0 spiro atoms. The van der Waals surface area contributed by atoms with E-state index < -0.39 is 36.3 Å². The van der Waals surface area contributed by atoms with E-state index in [2.05, 4.69) is 44.0 Å². The molecule has 7 atom stereocenters.